The van der Waals surface area contributed by atoms with Crippen LogP contribution in [0.5, 0.6) is 0 Å². The Morgan fingerprint density at radius 3 is 2.88 bits per heavy atom. The fourth-order valence-corrected chi connectivity index (χ4v) is 1.85. The fraction of sp³-hybridized carbons (Fsp3) is 0.600. The first-order valence-electron chi connectivity index (χ1n) is 5.29. The lowest BCUT2D eigenvalue weighted by molar-refractivity contribution is -0.0459. The van der Waals surface area contributed by atoms with E-state index in [1.807, 2.05) is 0 Å². The van der Waals surface area contributed by atoms with Crippen LogP contribution in [0.2, 0.25) is 0 Å². The lowest BCUT2D eigenvalue weighted by Gasteiger charge is -2.14. The topological polar surface area (TPSA) is 105 Å². The highest BCUT2D eigenvalue weighted by Crippen LogP contribution is 2.27. The molecule has 2 heterocycles. The van der Waals surface area contributed by atoms with E-state index in [4.69, 9.17) is 9.84 Å². The van der Waals surface area contributed by atoms with Crippen molar-refractivity contribution in [3.63, 3.8) is 0 Å². The van der Waals surface area contributed by atoms with Gasteiger partial charge in [0, 0.05) is 18.2 Å². The number of aliphatic hydroxyl groups excluding tert-OH is 2. The molecule has 94 valence electrons. The summed E-state index contributed by atoms with van der Waals surface area (Å²) < 4.78 is 6.54. The summed E-state index contributed by atoms with van der Waals surface area (Å²) in [4.78, 5) is 24.9. The molecular weight excluding hydrogens is 230 g/mol. The minimum atomic E-state index is -0.816. The van der Waals surface area contributed by atoms with Gasteiger partial charge in [0.1, 0.15) is 12.3 Å². The molecule has 1 aliphatic rings. The number of rotatable bonds is 2. The van der Waals surface area contributed by atoms with Crippen molar-refractivity contribution in [2.45, 2.75) is 31.8 Å². The largest absolute Gasteiger partial charge is 0.394 e. The zero-order valence-electron chi connectivity index (χ0n) is 9.29. The van der Waals surface area contributed by atoms with Crippen LogP contribution in [0.1, 0.15) is 18.2 Å². The Morgan fingerprint density at radius 2 is 2.29 bits per heavy atom. The van der Waals surface area contributed by atoms with Gasteiger partial charge in [-0.2, -0.15) is 0 Å². The van der Waals surface area contributed by atoms with E-state index < -0.39 is 29.7 Å². The number of aryl methyl sites for hydroxylation is 1. The van der Waals surface area contributed by atoms with Gasteiger partial charge in [-0.3, -0.25) is 14.3 Å². The Morgan fingerprint density at radius 1 is 1.59 bits per heavy atom. The van der Waals surface area contributed by atoms with Crippen molar-refractivity contribution in [1.29, 1.82) is 0 Å². The van der Waals surface area contributed by atoms with Crippen LogP contribution in [0.4, 0.5) is 0 Å². The van der Waals surface area contributed by atoms with Gasteiger partial charge in [0.25, 0.3) is 5.56 Å². The van der Waals surface area contributed by atoms with Crippen LogP contribution in [0.3, 0.4) is 0 Å². The second-order valence-electron chi connectivity index (χ2n) is 4.09. The van der Waals surface area contributed by atoms with Crippen molar-refractivity contribution in [2.75, 3.05) is 6.61 Å². The summed E-state index contributed by atoms with van der Waals surface area (Å²) in [6.45, 7) is 1.26. The SMILES string of the molecule is Cc1cn([C@H]2C[13C@H](O)[13C@@H](CO)O2)c(=O)[nH]c1=O. The molecule has 3 N–H and O–H groups in total. The first-order chi connectivity index (χ1) is 8.02. The molecule has 1 saturated heterocycles. The number of hydrogen-bond acceptors (Lipinski definition) is 5. The summed E-state index contributed by atoms with van der Waals surface area (Å²) in [6, 6.07) is 0. The number of ether oxygens (including phenoxy) is 1. The molecule has 2 rings (SSSR count). The zero-order chi connectivity index (χ0) is 12.6. The van der Waals surface area contributed by atoms with Crippen LogP contribution in [-0.2, 0) is 4.74 Å². The second-order valence-corrected chi connectivity index (χ2v) is 4.09. The summed E-state index contributed by atoms with van der Waals surface area (Å²) in [5.74, 6) is 0. The average molecular weight is 244 g/mol. The van der Waals surface area contributed by atoms with Crippen molar-refractivity contribution in [2.24, 2.45) is 0 Å². The van der Waals surface area contributed by atoms with Crippen LogP contribution >= 0.6 is 0 Å². The van der Waals surface area contributed by atoms with Crippen molar-refractivity contribution in [1.82, 2.24) is 9.55 Å². The van der Waals surface area contributed by atoms with Gasteiger partial charge in [-0.15, -0.1) is 0 Å². The highest BCUT2D eigenvalue weighted by atomic mass is 16.6. The number of H-pyrrole nitrogens is 1. The highest BCUT2D eigenvalue weighted by molar-refractivity contribution is 5.02. The molecule has 1 fully saturated rings. The molecule has 1 aromatic rings. The minimum Gasteiger partial charge on any atom is -0.394 e. The van der Waals surface area contributed by atoms with E-state index in [0.29, 0.717) is 5.56 Å². The summed E-state index contributed by atoms with van der Waals surface area (Å²) >= 11 is 0. The molecule has 0 bridgehead atoms. The number of nitrogens with zero attached hydrogens (tertiary/aromatic N) is 1. The standard InChI is InChI=1S/C10H14N2O5/c1-5-3-12(10(16)11-9(5)15)8-2-6(14)7(4-13)17-8/h3,6-8,13-14H,2,4H2,1H3,(H,11,15,16)/t6-,7+,8+/m0/s1/i6+1,7+1. The molecule has 17 heavy (non-hydrogen) atoms. The maximum Gasteiger partial charge on any atom is 0.330 e. The minimum absolute atomic E-state index is 0.205. The van der Waals surface area contributed by atoms with Crippen LogP contribution in [0.25, 0.3) is 0 Å². The summed E-state index contributed by atoms with van der Waals surface area (Å²) in [7, 11) is 0. The molecule has 0 amide bonds. The highest BCUT2D eigenvalue weighted by Gasteiger charge is 2.34. The van der Waals surface area contributed by atoms with Crippen LogP contribution in [0.15, 0.2) is 15.8 Å². The van der Waals surface area contributed by atoms with Gasteiger partial charge in [0.15, 0.2) is 0 Å². The smallest absolute Gasteiger partial charge is 0.330 e. The van der Waals surface area contributed by atoms with E-state index in [0.717, 1.165) is 0 Å². The molecule has 1 aromatic heterocycles. The van der Waals surface area contributed by atoms with Crippen LogP contribution in [0, 0.1) is 6.92 Å². The monoisotopic (exact) mass is 244 g/mol. The molecular formula is C10H14N2O5. The maximum absolute atomic E-state index is 11.6. The second kappa shape index (κ2) is 4.44. The molecule has 0 saturated carbocycles. The van der Waals surface area contributed by atoms with Crippen molar-refractivity contribution in [3.05, 3.63) is 32.6 Å². The number of nitrogens with one attached hydrogen (secondary N) is 1. The molecule has 7 heteroatoms. The first-order valence-corrected chi connectivity index (χ1v) is 5.29. The van der Waals surface area contributed by atoms with E-state index in [9.17, 15) is 14.7 Å². The van der Waals surface area contributed by atoms with Crippen molar-refractivity contribution >= 4 is 0 Å². The van der Waals surface area contributed by atoms with Gasteiger partial charge in [0.05, 0.1) is 12.7 Å². The number of aliphatic hydroxyl groups is 2. The molecule has 0 unspecified atom stereocenters. The average Bonchev–Trinajstić information content (AvgIpc) is 2.65. The van der Waals surface area contributed by atoms with E-state index in [-0.39, 0.29) is 13.0 Å². The number of aromatic amines is 1. The molecule has 0 spiro atoms. The van der Waals surface area contributed by atoms with Crippen LogP contribution < -0.4 is 11.2 Å². The van der Waals surface area contributed by atoms with Crippen molar-refractivity contribution in [3.8, 4) is 0 Å². The molecule has 7 nitrogen and oxygen atoms in total. The molecule has 0 aliphatic carbocycles. The third kappa shape index (κ3) is 2.17. The van der Waals surface area contributed by atoms with Gasteiger partial charge >= 0.3 is 5.69 Å². The molecule has 1 aliphatic heterocycles. The number of aromatic nitrogens is 2. The molecule has 3 atom stereocenters. The Hall–Kier alpha value is -1.44. The van der Waals surface area contributed by atoms with E-state index >= 15 is 0 Å². The Bertz CT molecular complexity index is 520. The lowest BCUT2D eigenvalue weighted by atomic mass is 10.4. The van der Waals surface area contributed by atoms with Gasteiger partial charge in [-0.05, 0) is 6.92 Å². The summed E-state index contributed by atoms with van der Waals surface area (Å²) in [5.41, 5.74) is -0.643. The van der Waals surface area contributed by atoms with Gasteiger partial charge in [-0.1, -0.05) is 0 Å². The zero-order valence-corrected chi connectivity index (χ0v) is 9.29. The third-order valence-corrected chi connectivity index (χ3v) is 2.84. The first kappa shape index (κ1) is 12.0. The van der Waals surface area contributed by atoms with E-state index in [2.05, 4.69) is 4.98 Å². The third-order valence-electron chi connectivity index (χ3n) is 2.84. The quantitative estimate of drug-likeness (QED) is 0.548. The Labute approximate surface area is 96.3 Å². The molecule has 0 aromatic carbocycles. The van der Waals surface area contributed by atoms with Gasteiger partial charge in [0.2, 0.25) is 0 Å². The summed E-state index contributed by atoms with van der Waals surface area (Å²) in [6.07, 6.45) is -0.581. The lowest BCUT2D eigenvalue weighted by Crippen LogP contribution is -2.33. The van der Waals surface area contributed by atoms with Gasteiger partial charge < -0.3 is 14.9 Å². The van der Waals surface area contributed by atoms with Gasteiger partial charge in [-0.25, -0.2) is 4.79 Å². The maximum atomic E-state index is 11.6. The Kier molecular flexibility index (Phi) is 3.14. The number of hydrogen-bond donors (Lipinski definition) is 3. The summed E-state index contributed by atoms with van der Waals surface area (Å²) in [5, 5.41) is 18.5. The molecule has 0 radical (unpaired) electrons. The predicted molar refractivity (Wildman–Crippen MR) is 57.7 cm³/mol. The van der Waals surface area contributed by atoms with Crippen LogP contribution in [-0.4, -0.2) is 38.6 Å². The van der Waals surface area contributed by atoms with E-state index in [1.165, 1.54) is 10.8 Å². The Balaban J connectivity index is 2.34. The predicted octanol–water partition coefficient (Wildman–Crippen LogP) is -1.51. The van der Waals surface area contributed by atoms with E-state index in [1.54, 1.807) is 6.92 Å². The van der Waals surface area contributed by atoms with Crippen molar-refractivity contribution < 1.29 is 14.9 Å². The normalized spacial score (nSPS) is 28.5. The fourth-order valence-electron chi connectivity index (χ4n) is 1.85.